The Kier molecular flexibility index (Phi) is 2.85. The molecule has 14 heavy (non-hydrogen) atoms. The van der Waals surface area contributed by atoms with E-state index >= 15 is 0 Å². The number of aliphatic hydroxyl groups excluding tert-OH is 1. The van der Waals surface area contributed by atoms with Crippen molar-refractivity contribution in [1.29, 1.82) is 0 Å². The molecular weight excluding hydrogens is 174 g/mol. The molecule has 1 fully saturated rings. The van der Waals surface area contributed by atoms with E-state index in [1.165, 1.54) is 18.4 Å². The van der Waals surface area contributed by atoms with E-state index in [1.54, 1.807) is 0 Å². The van der Waals surface area contributed by atoms with Crippen LogP contribution in [-0.2, 0) is 0 Å². The molecule has 0 spiro atoms. The van der Waals surface area contributed by atoms with Crippen LogP contribution in [0.3, 0.4) is 0 Å². The molecule has 1 aromatic rings. The van der Waals surface area contributed by atoms with Crippen LogP contribution in [0.25, 0.3) is 0 Å². The first-order chi connectivity index (χ1) is 6.81. The Hall–Kier alpha value is -0.860. The highest BCUT2D eigenvalue weighted by Crippen LogP contribution is 2.40. The Morgan fingerprint density at radius 3 is 2.43 bits per heavy atom. The van der Waals surface area contributed by atoms with Gasteiger partial charge in [-0.25, -0.2) is 0 Å². The molecule has 0 aromatic heterocycles. The molecule has 0 saturated heterocycles. The lowest BCUT2D eigenvalue weighted by Crippen LogP contribution is -2.11. The Bertz CT molecular complexity index is 290. The zero-order valence-corrected chi connectivity index (χ0v) is 8.32. The highest BCUT2D eigenvalue weighted by molar-refractivity contribution is 5.29. The molecule has 0 amide bonds. The van der Waals surface area contributed by atoms with Crippen molar-refractivity contribution in [2.75, 3.05) is 6.61 Å². The van der Waals surface area contributed by atoms with Crippen molar-refractivity contribution in [3.8, 4) is 0 Å². The lowest BCUT2D eigenvalue weighted by Gasteiger charge is -2.10. The molecular formula is C12H17NO. The van der Waals surface area contributed by atoms with Crippen molar-refractivity contribution in [1.82, 2.24) is 0 Å². The molecule has 0 heterocycles. The molecule has 1 atom stereocenters. The number of rotatable bonds is 4. The highest BCUT2D eigenvalue weighted by Gasteiger charge is 2.23. The Labute approximate surface area is 84.7 Å². The van der Waals surface area contributed by atoms with Crippen LogP contribution in [0.15, 0.2) is 24.3 Å². The maximum absolute atomic E-state index is 8.77. The van der Waals surface area contributed by atoms with Crippen molar-refractivity contribution >= 4 is 0 Å². The predicted molar refractivity (Wildman–Crippen MR) is 57.0 cm³/mol. The highest BCUT2D eigenvalue weighted by atomic mass is 16.3. The third-order valence-corrected chi connectivity index (χ3v) is 2.85. The maximum atomic E-state index is 8.77. The van der Waals surface area contributed by atoms with Gasteiger partial charge in [0.15, 0.2) is 0 Å². The smallest absolute Gasteiger partial charge is 0.0449 e. The van der Waals surface area contributed by atoms with Gasteiger partial charge in [0.25, 0.3) is 0 Å². The summed E-state index contributed by atoms with van der Waals surface area (Å²) in [6.45, 7) is 0.158. The summed E-state index contributed by atoms with van der Waals surface area (Å²) in [5, 5.41) is 8.77. The second-order valence-electron chi connectivity index (χ2n) is 4.06. The molecule has 2 rings (SSSR count). The predicted octanol–water partition coefficient (Wildman–Crippen LogP) is 1.95. The summed E-state index contributed by atoms with van der Waals surface area (Å²) in [4.78, 5) is 0. The number of nitrogens with two attached hydrogens (primary N) is 1. The van der Waals surface area contributed by atoms with Gasteiger partial charge < -0.3 is 10.8 Å². The van der Waals surface area contributed by atoms with E-state index in [-0.39, 0.29) is 12.6 Å². The molecule has 1 aromatic carbocycles. The van der Waals surface area contributed by atoms with Crippen LogP contribution in [0.2, 0.25) is 0 Å². The van der Waals surface area contributed by atoms with E-state index in [0.717, 1.165) is 11.5 Å². The average molecular weight is 191 g/mol. The SMILES string of the molecule is N[C@H](CCO)c1ccc(C2CC2)cc1. The lowest BCUT2D eigenvalue weighted by molar-refractivity contribution is 0.276. The fourth-order valence-electron chi connectivity index (χ4n) is 1.74. The topological polar surface area (TPSA) is 46.2 Å². The Balaban J connectivity index is 2.04. The van der Waals surface area contributed by atoms with Crippen molar-refractivity contribution in [2.45, 2.75) is 31.2 Å². The molecule has 0 aliphatic heterocycles. The first-order valence-corrected chi connectivity index (χ1v) is 5.27. The fourth-order valence-corrected chi connectivity index (χ4v) is 1.74. The standard InChI is InChI=1S/C12H17NO/c13-12(7-8-14)11-5-3-10(4-6-11)9-1-2-9/h3-6,9,12,14H,1-2,7-8,13H2/t12-/m1/s1. The van der Waals surface area contributed by atoms with E-state index in [2.05, 4.69) is 24.3 Å². The number of benzene rings is 1. The largest absolute Gasteiger partial charge is 0.396 e. The van der Waals surface area contributed by atoms with Crippen LogP contribution in [0.1, 0.15) is 42.3 Å². The average Bonchev–Trinajstić information content (AvgIpc) is 3.02. The van der Waals surface area contributed by atoms with E-state index in [4.69, 9.17) is 10.8 Å². The summed E-state index contributed by atoms with van der Waals surface area (Å²) in [5.74, 6) is 0.804. The minimum absolute atomic E-state index is 0.0201. The van der Waals surface area contributed by atoms with Gasteiger partial charge in [0.1, 0.15) is 0 Å². The van der Waals surface area contributed by atoms with Gasteiger partial charge >= 0.3 is 0 Å². The van der Waals surface area contributed by atoms with Gasteiger partial charge in [-0.2, -0.15) is 0 Å². The quantitative estimate of drug-likeness (QED) is 0.764. The minimum Gasteiger partial charge on any atom is -0.396 e. The van der Waals surface area contributed by atoms with Gasteiger partial charge in [0.05, 0.1) is 0 Å². The first-order valence-electron chi connectivity index (χ1n) is 5.27. The third kappa shape index (κ3) is 2.14. The van der Waals surface area contributed by atoms with Crippen molar-refractivity contribution in [3.63, 3.8) is 0 Å². The molecule has 1 aliphatic rings. The molecule has 1 aliphatic carbocycles. The number of hydrogen-bond donors (Lipinski definition) is 2. The minimum atomic E-state index is -0.0201. The summed E-state index contributed by atoms with van der Waals surface area (Å²) in [7, 11) is 0. The molecule has 3 N–H and O–H groups in total. The summed E-state index contributed by atoms with van der Waals surface area (Å²) in [6, 6.07) is 8.50. The van der Waals surface area contributed by atoms with E-state index in [0.29, 0.717) is 6.42 Å². The van der Waals surface area contributed by atoms with E-state index in [1.807, 2.05) is 0 Å². The third-order valence-electron chi connectivity index (χ3n) is 2.85. The van der Waals surface area contributed by atoms with Gasteiger partial charge in [-0.05, 0) is 36.3 Å². The van der Waals surface area contributed by atoms with Gasteiger partial charge in [0.2, 0.25) is 0 Å². The zero-order valence-electron chi connectivity index (χ0n) is 8.32. The van der Waals surface area contributed by atoms with Crippen molar-refractivity contribution in [2.24, 2.45) is 5.73 Å². The van der Waals surface area contributed by atoms with E-state index < -0.39 is 0 Å². The van der Waals surface area contributed by atoms with Crippen molar-refractivity contribution < 1.29 is 5.11 Å². The Morgan fingerprint density at radius 2 is 1.93 bits per heavy atom. The number of hydrogen-bond acceptors (Lipinski definition) is 2. The summed E-state index contributed by atoms with van der Waals surface area (Å²) in [6.07, 6.45) is 3.31. The molecule has 0 radical (unpaired) electrons. The first kappa shape index (κ1) is 9.69. The number of aliphatic hydroxyl groups is 1. The monoisotopic (exact) mass is 191 g/mol. The lowest BCUT2D eigenvalue weighted by atomic mass is 10.0. The van der Waals surface area contributed by atoms with Crippen LogP contribution < -0.4 is 5.73 Å². The van der Waals surface area contributed by atoms with Crippen molar-refractivity contribution in [3.05, 3.63) is 35.4 Å². The van der Waals surface area contributed by atoms with Gasteiger partial charge in [0, 0.05) is 12.6 Å². The zero-order chi connectivity index (χ0) is 9.97. The van der Waals surface area contributed by atoms with E-state index in [9.17, 15) is 0 Å². The fraction of sp³-hybridized carbons (Fsp3) is 0.500. The van der Waals surface area contributed by atoms with Crippen LogP contribution in [0.4, 0.5) is 0 Å². The molecule has 76 valence electrons. The summed E-state index contributed by atoms with van der Waals surface area (Å²) < 4.78 is 0. The molecule has 1 saturated carbocycles. The van der Waals surface area contributed by atoms with Gasteiger partial charge in [-0.3, -0.25) is 0 Å². The van der Waals surface area contributed by atoms with Crippen LogP contribution in [0.5, 0.6) is 0 Å². The Morgan fingerprint density at radius 1 is 1.29 bits per heavy atom. The normalized spacial score (nSPS) is 18.1. The molecule has 0 unspecified atom stereocenters. The second kappa shape index (κ2) is 4.11. The van der Waals surface area contributed by atoms with Gasteiger partial charge in [-0.1, -0.05) is 24.3 Å². The summed E-state index contributed by atoms with van der Waals surface area (Å²) in [5.41, 5.74) is 8.45. The van der Waals surface area contributed by atoms with Crippen LogP contribution in [0, 0.1) is 0 Å². The summed E-state index contributed by atoms with van der Waals surface area (Å²) >= 11 is 0. The molecule has 2 heteroatoms. The maximum Gasteiger partial charge on any atom is 0.0449 e. The second-order valence-corrected chi connectivity index (χ2v) is 4.06. The molecule has 2 nitrogen and oxygen atoms in total. The van der Waals surface area contributed by atoms with Crippen LogP contribution in [-0.4, -0.2) is 11.7 Å². The van der Waals surface area contributed by atoms with Gasteiger partial charge in [-0.15, -0.1) is 0 Å². The molecule has 0 bridgehead atoms. The van der Waals surface area contributed by atoms with Crippen LogP contribution >= 0.6 is 0 Å².